The van der Waals surface area contributed by atoms with Gasteiger partial charge in [0.2, 0.25) is 0 Å². The van der Waals surface area contributed by atoms with Crippen molar-refractivity contribution < 1.29 is 4.84 Å². The van der Waals surface area contributed by atoms with E-state index in [0.29, 0.717) is 6.04 Å². The highest BCUT2D eigenvalue weighted by molar-refractivity contribution is 5.47. The van der Waals surface area contributed by atoms with Gasteiger partial charge < -0.3 is 0 Å². The predicted molar refractivity (Wildman–Crippen MR) is 107 cm³/mol. The molecule has 2 nitrogen and oxygen atoms in total. The first-order valence-corrected chi connectivity index (χ1v) is 9.32. The van der Waals surface area contributed by atoms with Gasteiger partial charge in [0, 0.05) is 6.42 Å². The van der Waals surface area contributed by atoms with Crippen molar-refractivity contribution >= 4 is 5.69 Å². The smallest absolute Gasteiger partial charge is 0.113 e. The predicted octanol–water partition coefficient (Wildman–Crippen LogP) is 5.80. The lowest BCUT2D eigenvalue weighted by Crippen LogP contribution is -2.29. The summed E-state index contributed by atoms with van der Waals surface area (Å²) in [6.07, 6.45) is 2.08. The Morgan fingerprint density at radius 2 is 1.42 bits per heavy atom. The SMILES string of the molecule is Cc1ccc(C[C@@H]2C[C@H](c3ccccc3)ON2c2ccc(C)cc2)cc1. The standard InChI is InChI=1S/C24H25NO/c1-18-8-12-20(13-9-18)16-23-17-24(21-6-4-3-5-7-21)26-25(23)22-14-10-19(2)11-15-22/h3-15,23-24H,16-17H2,1-2H3/t23-,24-/m1/s1. The third kappa shape index (κ3) is 3.66. The molecule has 0 bridgehead atoms. The Morgan fingerprint density at radius 3 is 2.08 bits per heavy atom. The molecule has 0 amide bonds. The molecule has 1 aliphatic heterocycles. The van der Waals surface area contributed by atoms with Crippen LogP contribution in [0.2, 0.25) is 0 Å². The van der Waals surface area contributed by atoms with Crippen molar-refractivity contribution in [1.29, 1.82) is 0 Å². The van der Waals surface area contributed by atoms with Crippen LogP contribution in [0.5, 0.6) is 0 Å². The van der Waals surface area contributed by atoms with E-state index in [1.807, 2.05) is 0 Å². The minimum absolute atomic E-state index is 0.105. The number of anilines is 1. The molecular weight excluding hydrogens is 318 g/mol. The summed E-state index contributed by atoms with van der Waals surface area (Å²) in [5.41, 5.74) is 6.30. The van der Waals surface area contributed by atoms with Crippen LogP contribution in [0.1, 0.15) is 34.8 Å². The van der Waals surface area contributed by atoms with Crippen LogP contribution < -0.4 is 5.06 Å². The lowest BCUT2D eigenvalue weighted by atomic mass is 9.97. The number of hydroxylamine groups is 1. The largest absolute Gasteiger partial charge is 0.265 e. The first-order valence-electron chi connectivity index (χ1n) is 9.32. The molecule has 4 rings (SSSR count). The minimum atomic E-state index is 0.105. The van der Waals surface area contributed by atoms with E-state index in [4.69, 9.17) is 4.84 Å². The average molecular weight is 343 g/mol. The maximum absolute atomic E-state index is 6.42. The second-order valence-electron chi connectivity index (χ2n) is 7.25. The number of hydrogen-bond acceptors (Lipinski definition) is 2. The van der Waals surface area contributed by atoms with E-state index < -0.39 is 0 Å². The molecule has 132 valence electrons. The van der Waals surface area contributed by atoms with Crippen molar-refractivity contribution in [2.75, 3.05) is 5.06 Å². The van der Waals surface area contributed by atoms with Crippen LogP contribution in [-0.4, -0.2) is 6.04 Å². The highest BCUT2D eigenvalue weighted by Crippen LogP contribution is 2.37. The number of hydrogen-bond donors (Lipinski definition) is 0. The summed E-state index contributed by atoms with van der Waals surface area (Å²) in [5.74, 6) is 0. The summed E-state index contributed by atoms with van der Waals surface area (Å²) in [5, 5.41) is 2.12. The summed E-state index contributed by atoms with van der Waals surface area (Å²) in [6, 6.07) is 28.3. The van der Waals surface area contributed by atoms with Crippen LogP contribution >= 0.6 is 0 Å². The van der Waals surface area contributed by atoms with Gasteiger partial charge in [0.05, 0.1) is 11.7 Å². The zero-order chi connectivity index (χ0) is 17.9. The first-order chi connectivity index (χ1) is 12.7. The Kier molecular flexibility index (Phi) is 4.77. The molecule has 0 spiro atoms. The minimum Gasteiger partial charge on any atom is -0.265 e. The van der Waals surface area contributed by atoms with Crippen molar-refractivity contribution in [2.45, 2.75) is 38.8 Å². The van der Waals surface area contributed by atoms with Crippen molar-refractivity contribution in [3.8, 4) is 0 Å². The van der Waals surface area contributed by atoms with Gasteiger partial charge in [-0.15, -0.1) is 0 Å². The first kappa shape index (κ1) is 16.9. The Morgan fingerprint density at radius 1 is 0.808 bits per heavy atom. The number of benzene rings is 3. The highest BCUT2D eigenvalue weighted by atomic mass is 16.7. The van der Waals surface area contributed by atoms with Crippen molar-refractivity contribution in [3.05, 3.63) is 101 Å². The molecular formula is C24H25NO. The monoisotopic (exact) mass is 343 g/mol. The molecule has 0 aliphatic carbocycles. The van der Waals surface area contributed by atoms with Gasteiger partial charge in [-0.3, -0.25) is 9.90 Å². The van der Waals surface area contributed by atoms with Crippen molar-refractivity contribution in [3.63, 3.8) is 0 Å². The van der Waals surface area contributed by atoms with Gasteiger partial charge in [0.15, 0.2) is 0 Å². The fourth-order valence-electron chi connectivity index (χ4n) is 3.60. The van der Waals surface area contributed by atoms with Crippen LogP contribution in [0.15, 0.2) is 78.9 Å². The van der Waals surface area contributed by atoms with Crippen molar-refractivity contribution in [1.82, 2.24) is 0 Å². The van der Waals surface area contributed by atoms with Crippen molar-refractivity contribution in [2.24, 2.45) is 0 Å². The van der Waals surface area contributed by atoms with Gasteiger partial charge in [-0.05, 0) is 43.5 Å². The molecule has 0 radical (unpaired) electrons. The molecule has 2 atom stereocenters. The number of aryl methyl sites for hydroxylation is 2. The molecule has 0 aromatic heterocycles. The average Bonchev–Trinajstić information content (AvgIpc) is 3.09. The summed E-state index contributed by atoms with van der Waals surface area (Å²) < 4.78 is 0. The molecule has 1 fully saturated rings. The second kappa shape index (κ2) is 7.35. The van der Waals surface area contributed by atoms with Gasteiger partial charge in [-0.2, -0.15) is 0 Å². The topological polar surface area (TPSA) is 12.5 Å². The number of rotatable bonds is 4. The van der Waals surface area contributed by atoms with Gasteiger partial charge >= 0.3 is 0 Å². The van der Waals surface area contributed by atoms with E-state index in [9.17, 15) is 0 Å². The van der Waals surface area contributed by atoms with E-state index in [2.05, 4.69) is 97.8 Å². The van der Waals surface area contributed by atoms with E-state index in [0.717, 1.165) is 18.5 Å². The van der Waals surface area contributed by atoms with Crippen LogP contribution in [0.3, 0.4) is 0 Å². The molecule has 3 aromatic rings. The van der Waals surface area contributed by atoms with Crippen LogP contribution in [0, 0.1) is 13.8 Å². The molecule has 2 heteroatoms. The Labute approximate surface area is 156 Å². The zero-order valence-electron chi connectivity index (χ0n) is 15.4. The van der Waals surface area contributed by atoms with Crippen LogP contribution in [0.25, 0.3) is 0 Å². The fraction of sp³-hybridized carbons (Fsp3) is 0.250. The zero-order valence-corrected chi connectivity index (χ0v) is 15.4. The fourth-order valence-corrected chi connectivity index (χ4v) is 3.60. The van der Waals surface area contributed by atoms with E-state index in [-0.39, 0.29) is 6.10 Å². The van der Waals surface area contributed by atoms with Crippen LogP contribution in [0.4, 0.5) is 5.69 Å². The van der Waals surface area contributed by atoms with E-state index in [1.165, 1.54) is 22.3 Å². The summed E-state index contributed by atoms with van der Waals surface area (Å²) in [7, 11) is 0. The maximum atomic E-state index is 6.42. The lowest BCUT2D eigenvalue weighted by molar-refractivity contribution is 0.0836. The molecule has 1 aliphatic rings. The van der Waals surface area contributed by atoms with Gasteiger partial charge in [-0.25, -0.2) is 0 Å². The molecule has 0 saturated carbocycles. The normalized spacial score (nSPS) is 19.7. The van der Waals surface area contributed by atoms with Gasteiger partial charge in [0.25, 0.3) is 0 Å². The second-order valence-corrected chi connectivity index (χ2v) is 7.25. The number of nitrogens with zero attached hydrogens (tertiary/aromatic N) is 1. The molecule has 0 unspecified atom stereocenters. The quantitative estimate of drug-likeness (QED) is 0.594. The molecule has 26 heavy (non-hydrogen) atoms. The molecule has 0 N–H and O–H groups in total. The molecule has 3 aromatic carbocycles. The van der Waals surface area contributed by atoms with Gasteiger partial charge in [-0.1, -0.05) is 77.9 Å². The van der Waals surface area contributed by atoms with Crippen LogP contribution in [-0.2, 0) is 11.3 Å². The molecule has 1 saturated heterocycles. The third-order valence-electron chi connectivity index (χ3n) is 5.11. The lowest BCUT2D eigenvalue weighted by Gasteiger charge is -2.25. The van der Waals surface area contributed by atoms with E-state index >= 15 is 0 Å². The Hall–Kier alpha value is -2.58. The molecule has 1 heterocycles. The van der Waals surface area contributed by atoms with E-state index in [1.54, 1.807) is 0 Å². The Bertz CT molecular complexity index is 840. The third-order valence-corrected chi connectivity index (χ3v) is 5.11. The maximum Gasteiger partial charge on any atom is 0.113 e. The Balaban J connectivity index is 1.61. The summed E-state index contributed by atoms with van der Waals surface area (Å²) in [6.45, 7) is 4.25. The van der Waals surface area contributed by atoms with Gasteiger partial charge in [0.1, 0.15) is 6.10 Å². The summed E-state index contributed by atoms with van der Waals surface area (Å²) in [4.78, 5) is 6.42. The highest BCUT2D eigenvalue weighted by Gasteiger charge is 2.34. The summed E-state index contributed by atoms with van der Waals surface area (Å²) >= 11 is 0.